The number of carbonyl (C=O) groups excluding carboxylic acids is 3. The quantitative estimate of drug-likeness (QED) is 0.753. The van der Waals surface area contributed by atoms with Crippen LogP contribution in [0.25, 0.3) is 0 Å². The zero-order valence-electron chi connectivity index (χ0n) is 15.6. The zero-order valence-corrected chi connectivity index (χ0v) is 15.6. The maximum atomic E-state index is 12.5. The molecule has 0 aromatic carbocycles. The molecule has 0 radical (unpaired) electrons. The molecular formula is C19H26O7. The Kier molecular flexibility index (Phi) is 4.86. The molecule has 2 saturated heterocycles. The highest BCUT2D eigenvalue weighted by Gasteiger charge is 2.55. The van der Waals surface area contributed by atoms with Gasteiger partial charge in [0.25, 0.3) is 0 Å². The van der Waals surface area contributed by atoms with E-state index in [-0.39, 0.29) is 42.6 Å². The van der Waals surface area contributed by atoms with Gasteiger partial charge >= 0.3 is 11.9 Å². The fourth-order valence-corrected chi connectivity index (χ4v) is 4.03. The summed E-state index contributed by atoms with van der Waals surface area (Å²) in [4.78, 5) is 37.0. The average Bonchev–Trinajstić information content (AvgIpc) is 3.01. The third-order valence-electron chi connectivity index (χ3n) is 5.68. The number of hydrogen-bond donors (Lipinski definition) is 1. The molecule has 1 N–H and O–H groups in total. The summed E-state index contributed by atoms with van der Waals surface area (Å²) >= 11 is 0. The molecule has 26 heavy (non-hydrogen) atoms. The molecule has 144 valence electrons. The third kappa shape index (κ3) is 3.13. The van der Waals surface area contributed by atoms with Crippen LogP contribution in [-0.2, 0) is 28.6 Å². The van der Waals surface area contributed by atoms with Crippen molar-refractivity contribution in [2.24, 2.45) is 23.7 Å². The van der Waals surface area contributed by atoms with E-state index in [2.05, 4.69) is 0 Å². The van der Waals surface area contributed by atoms with Crippen molar-refractivity contribution in [2.75, 3.05) is 6.61 Å². The van der Waals surface area contributed by atoms with Gasteiger partial charge in [-0.05, 0) is 13.3 Å². The Hall–Kier alpha value is -1.89. The Morgan fingerprint density at radius 1 is 1.42 bits per heavy atom. The standard InChI is InChI=1S/C19H26O7/c1-9(2)17(22)25-14-7-19(4)15(21)6-12(26-19)11(8-20)5-13-16(14)10(3)18(23)24-13/h6,9-11,13-14,16,20H,5,7-8H2,1-4H3/t10-,11+,13-,14+,16+,19-/m1/s1. The molecule has 7 heteroatoms. The van der Waals surface area contributed by atoms with Gasteiger partial charge < -0.3 is 19.3 Å². The molecule has 0 aromatic heterocycles. The number of fused-ring (bicyclic) bond motifs is 3. The first-order valence-electron chi connectivity index (χ1n) is 9.13. The third-order valence-corrected chi connectivity index (χ3v) is 5.68. The second-order valence-corrected chi connectivity index (χ2v) is 8.03. The summed E-state index contributed by atoms with van der Waals surface area (Å²) in [6, 6.07) is 0. The van der Waals surface area contributed by atoms with Crippen LogP contribution in [0, 0.1) is 23.7 Å². The number of rotatable bonds is 3. The van der Waals surface area contributed by atoms with Crippen LogP contribution in [0.1, 0.15) is 40.5 Å². The molecule has 2 fully saturated rings. The molecule has 3 aliphatic heterocycles. The van der Waals surface area contributed by atoms with E-state index in [1.54, 1.807) is 27.7 Å². The molecule has 2 bridgehead atoms. The van der Waals surface area contributed by atoms with Crippen molar-refractivity contribution in [1.82, 2.24) is 0 Å². The Bertz CT molecular complexity index is 652. The van der Waals surface area contributed by atoms with E-state index in [0.29, 0.717) is 12.2 Å². The summed E-state index contributed by atoms with van der Waals surface area (Å²) < 4.78 is 17.2. The molecule has 3 heterocycles. The van der Waals surface area contributed by atoms with E-state index in [0.717, 1.165) is 0 Å². The lowest BCUT2D eigenvalue weighted by Gasteiger charge is -2.33. The van der Waals surface area contributed by atoms with Gasteiger partial charge in [-0.25, -0.2) is 0 Å². The molecule has 0 spiro atoms. The van der Waals surface area contributed by atoms with Crippen molar-refractivity contribution in [3.63, 3.8) is 0 Å². The van der Waals surface area contributed by atoms with Gasteiger partial charge in [0.05, 0.1) is 18.4 Å². The predicted molar refractivity (Wildman–Crippen MR) is 89.6 cm³/mol. The lowest BCUT2D eigenvalue weighted by atomic mass is 9.78. The van der Waals surface area contributed by atoms with Crippen molar-refractivity contribution in [2.45, 2.75) is 58.3 Å². The Balaban J connectivity index is 2.00. The maximum absolute atomic E-state index is 12.5. The summed E-state index contributed by atoms with van der Waals surface area (Å²) in [5.74, 6) is -2.16. The van der Waals surface area contributed by atoms with E-state index in [9.17, 15) is 19.5 Å². The van der Waals surface area contributed by atoms with Crippen molar-refractivity contribution in [3.05, 3.63) is 11.8 Å². The largest absolute Gasteiger partial charge is 0.483 e. The van der Waals surface area contributed by atoms with Crippen LogP contribution in [0.2, 0.25) is 0 Å². The van der Waals surface area contributed by atoms with Crippen LogP contribution < -0.4 is 0 Å². The second-order valence-electron chi connectivity index (χ2n) is 8.03. The molecule has 0 aliphatic carbocycles. The van der Waals surface area contributed by atoms with Crippen molar-refractivity contribution in [1.29, 1.82) is 0 Å². The molecule has 0 saturated carbocycles. The van der Waals surface area contributed by atoms with Crippen LogP contribution in [-0.4, -0.2) is 47.2 Å². The number of hydrogen-bond acceptors (Lipinski definition) is 7. The van der Waals surface area contributed by atoms with Gasteiger partial charge in [-0.2, -0.15) is 0 Å². The molecule has 0 unspecified atom stereocenters. The Morgan fingerprint density at radius 3 is 2.73 bits per heavy atom. The van der Waals surface area contributed by atoms with Crippen LogP contribution in [0.3, 0.4) is 0 Å². The van der Waals surface area contributed by atoms with Crippen LogP contribution in [0.5, 0.6) is 0 Å². The topological polar surface area (TPSA) is 99.1 Å². The zero-order chi connectivity index (χ0) is 19.2. The van der Waals surface area contributed by atoms with Gasteiger partial charge in [-0.1, -0.05) is 20.8 Å². The second kappa shape index (κ2) is 6.68. The summed E-state index contributed by atoms with van der Waals surface area (Å²) in [6.07, 6.45) is 0.688. The van der Waals surface area contributed by atoms with Gasteiger partial charge in [0.1, 0.15) is 18.0 Å². The van der Waals surface area contributed by atoms with E-state index < -0.39 is 29.6 Å². The van der Waals surface area contributed by atoms with E-state index in [4.69, 9.17) is 14.2 Å². The molecule has 0 aromatic rings. The fraction of sp³-hybridized carbons (Fsp3) is 0.737. The number of aliphatic hydroxyl groups excluding tert-OH is 1. The summed E-state index contributed by atoms with van der Waals surface area (Å²) in [5, 5.41) is 9.77. The molecule has 6 atom stereocenters. The van der Waals surface area contributed by atoms with Crippen LogP contribution in [0.4, 0.5) is 0 Å². The molecule has 3 rings (SSSR count). The lowest BCUT2D eigenvalue weighted by Crippen LogP contribution is -2.44. The molecule has 3 aliphatic rings. The summed E-state index contributed by atoms with van der Waals surface area (Å²) in [6.45, 7) is 6.65. The SMILES string of the molecule is CC(C)C(=O)O[C@H]1C[C@@]2(C)OC(=CC2=O)[C@H](CO)C[C@H]2OC(=O)[C@H](C)[C@H]12. The number of ether oxygens (including phenoxy) is 3. The minimum absolute atomic E-state index is 0.143. The number of aliphatic hydroxyl groups is 1. The summed E-state index contributed by atoms with van der Waals surface area (Å²) in [5.41, 5.74) is -1.18. The van der Waals surface area contributed by atoms with Crippen LogP contribution >= 0.6 is 0 Å². The van der Waals surface area contributed by atoms with Crippen molar-refractivity contribution < 1.29 is 33.7 Å². The molecule has 0 amide bonds. The van der Waals surface area contributed by atoms with Crippen LogP contribution in [0.15, 0.2) is 11.8 Å². The minimum atomic E-state index is -1.18. The van der Waals surface area contributed by atoms with Gasteiger partial charge in [0.15, 0.2) is 5.60 Å². The Labute approximate surface area is 152 Å². The normalized spacial score (nSPS) is 39.3. The van der Waals surface area contributed by atoms with Gasteiger partial charge in [-0.3, -0.25) is 14.4 Å². The smallest absolute Gasteiger partial charge is 0.309 e. The van der Waals surface area contributed by atoms with E-state index in [1.165, 1.54) is 6.08 Å². The fourth-order valence-electron chi connectivity index (χ4n) is 4.03. The highest BCUT2D eigenvalue weighted by molar-refractivity contribution is 5.99. The lowest BCUT2D eigenvalue weighted by molar-refractivity contribution is -0.162. The number of carbonyl (C=O) groups is 3. The van der Waals surface area contributed by atoms with Gasteiger partial charge in [0.2, 0.25) is 5.78 Å². The minimum Gasteiger partial charge on any atom is -0.483 e. The summed E-state index contributed by atoms with van der Waals surface area (Å²) in [7, 11) is 0. The van der Waals surface area contributed by atoms with Gasteiger partial charge in [0, 0.05) is 24.3 Å². The number of ketones is 1. The Morgan fingerprint density at radius 2 is 2.12 bits per heavy atom. The highest BCUT2D eigenvalue weighted by atomic mass is 16.6. The maximum Gasteiger partial charge on any atom is 0.309 e. The average molecular weight is 366 g/mol. The number of esters is 2. The van der Waals surface area contributed by atoms with E-state index >= 15 is 0 Å². The van der Waals surface area contributed by atoms with E-state index in [1.807, 2.05) is 0 Å². The monoisotopic (exact) mass is 366 g/mol. The predicted octanol–water partition coefficient (Wildman–Crippen LogP) is 1.38. The first-order chi connectivity index (χ1) is 12.2. The highest BCUT2D eigenvalue weighted by Crippen LogP contribution is 2.45. The first kappa shape index (κ1) is 18.9. The van der Waals surface area contributed by atoms with Crippen molar-refractivity contribution >= 4 is 17.7 Å². The molecule has 7 nitrogen and oxygen atoms in total. The first-order valence-corrected chi connectivity index (χ1v) is 9.13. The van der Waals surface area contributed by atoms with Gasteiger partial charge in [-0.15, -0.1) is 0 Å². The molecular weight excluding hydrogens is 340 g/mol. The van der Waals surface area contributed by atoms with Crippen molar-refractivity contribution in [3.8, 4) is 0 Å².